The molecular formula is C16H21N3O3S. The molecule has 2 aromatic rings. The van der Waals surface area contributed by atoms with E-state index in [0.717, 1.165) is 23.6 Å². The van der Waals surface area contributed by atoms with E-state index in [9.17, 15) is 4.79 Å². The number of methoxy groups -OCH3 is 1. The average molecular weight is 335 g/mol. The van der Waals surface area contributed by atoms with Crippen LogP contribution in [0.4, 0.5) is 0 Å². The summed E-state index contributed by atoms with van der Waals surface area (Å²) in [6, 6.07) is 7.61. The summed E-state index contributed by atoms with van der Waals surface area (Å²) in [7, 11) is 3.51. The quantitative estimate of drug-likeness (QED) is 0.572. The minimum absolute atomic E-state index is 0.231. The predicted molar refractivity (Wildman–Crippen MR) is 89.6 cm³/mol. The Morgan fingerprint density at radius 2 is 2.00 bits per heavy atom. The lowest BCUT2D eigenvalue weighted by molar-refractivity contribution is -0.142. The number of carbonyl (C=O) groups excluding carboxylic acids is 1. The first-order valence-corrected chi connectivity index (χ1v) is 8.31. The smallest absolute Gasteiger partial charge is 0.319 e. The van der Waals surface area contributed by atoms with Gasteiger partial charge in [-0.1, -0.05) is 18.7 Å². The summed E-state index contributed by atoms with van der Waals surface area (Å²) in [4.78, 5) is 11.9. The molecule has 0 fully saturated rings. The summed E-state index contributed by atoms with van der Waals surface area (Å²) < 4.78 is 12.2. The van der Waals surface area contributed by atoms with Crippen molar-refractivity contribution in [2.24, 2.45) is 7.05 Å². The minimum atomic E-state index is -0.326. The van der Waals surface area contributed by atoms with E-state index in [2.05, 4.69) is 10.2 Å². The number of hydrogen-bond acceptors (Lipinski definition) is 6. The molecule has 0 saturated carbocycles. The zero-order chi connectivity index (χ0) is 16.8. The molecule has 1 atom stereocenters. The maximum atomic E-state index is 11.9. The molecule has 124 valence electrons. The molecule has 1 unspecified atom stereocenters. The number of carbonyl (C=O) groups is 1. The van der Waals surface area contributed by atoms with Gasteiger partial charge in [0.05, 0.1) is 13.7 Å². The second-order valence-electron chi connectivity index (χ2n) is 5.02. The van der Waals surface area contributed by atoms with Crippen molar-refractivity contribution in [3.05, 3.63) is 24.3 Å². The normalized spacial score (nSPS) is 12.0. The van der Waals surface area contributed by atoms with Crippen LogP contribution in [-0.2, 0) is 16.6 Å². The van der Waals surface area contributed by atoms with Crippen molar-refractivity contribution in [2.75, 3.05) is 13.7 Å². The van der Waals surface area contributed by atoms with E-state index in [1.165, 1.54) is 11.8 Å². The van der Waals surface area contributed by atoms with Gasteiger partial charge in [-0.25, -0.2) is 0 Å². The number of thioether (sulfide) groups is 1. The summed E-state index contributed by atoms with van der Waals surface area (Å²) in [6.45, 7) is 4.22. The molecular weight excluding hydrogens is 314 g/mol. The Hall–Kier alpha value is -2.02. The van der Waals surface area contributed by atoms with Crippen molar-refractivity contribution in [3.63, 3.8) is 0 Å². The Morgan fingerprint density at radius 1 is 1.30 bits per heavy atom. The highest BCUT2D eigenvalue weighted by Crippen LogP contribution is 2.27. The van der Waals surface area contributed by atoms with E-state index in [4.69, 9.17) is 9.47 Å². The number of benzene rings is 1. The van der Waals surface area contributed by atoms with Crippen molar-refractivity contribution in [2.45, 2.75) is 30.7 Å². The predicted octanol–water partition coefficient (Wildman–Crippen LogP) is 2.92. The minimum Gasteiger partial charge on any atom is -0.497 e. The van der Waals surface area contributed by atoms with Crippen LogP contribution in [0.3, 0.4) is 0 Å². The first-order valence-electron chi connectivity index (χ1n) is 7.44. The van der Waals surface area contributed by atoms with Gasteiger partial charge in [-0.3, -0.25) is 4.79 Å². The molecule has 0 aliphatic rings. The Balaban J connectivity index is 2.10. The summed E-state index contributed by atoms with van der Waals surface area (Å²) in [5, 5.41) is 8.74. The molecule has 7 heteroatoms. The zero-order valence-electron chi connectivity index (χ0n) is 13.8. The Kier molecular flexibility index (Phi) is 6.04. The van der Waals surface area contributed by atoms with Crippen LogP contribution in [0.25, 0.3) is 11.4 Å². The number of ether oxygens (including phenoxy) is 2. The molecule has 0 amide bonds. The third-order valence-corrected chi connectivity index (χ3v) is 4.36. The van der Waals surface area contributed by atoms with Crippen molar-refractivity contribution < 1.29 is 14.3 Å². The average Bonchev–Trinajstić information content (AvgIpc) is 2.93. The Labute approximate surface area is 140 Å². The fourth-order valence-corrected chi connectivity index (χ4v) is 2.75. The lowest BCUT2D eigenvalue weighted by Crippen LogP contribution is -2.18. The van der Waals surface area contributed by atoms with Gasteiger partial charge < -0.3 is 14.0 Å². The molecule has 1 aromatic heterocycles. The summed E-state index contributed by atoms with van der Waals surface area (Å²) in [5.41, 5.74) is 0.939. The van der Waals surface area contributed by atoms with Gasteiger partial charge in [-0.2, -0.15) is 0 Å². The third-order valence-electron chi connectivity index (χ3n) is 3.25. The molecule has 0 spiro atoms. The largest absolute Gasteiger partial charge is 0.497 e. The van der Waals surface area contributed by atoms with Crippen LogP contribution in [0.5, 0.6) is 5.75 Å². The molecule has 6 nitrogen and oxygen atoms in total. The molecule has 0 aliphatic carbocycles. The van der Waals surface area contributed by atoms with Crippen LogP contribution >= 0.6 is 11.8 Å². The van der Waals surface area contributed by atoms with Gasteiger partial charge in [-0.05, 0) is 37.6 Å². The van der Waals surface area contributed by atoms with Crippen LogP contribution in [0.2, 0.25) is 0 Å². The highest BCUT2D eigenvalue weighted by Gasteiger charge is 2.20. The van der Waals surface area contributed by atoms with Crippen molar-refractivity contribution in [1.29, 1.82) is 0 Å². The van der Waals surface area contributed by atoms with Crippen molar-refractivity contribution in [1.82, 2.24) is 14.8 Å². The second kappa shape index (κ2) is 8.01. The highest BCUT2D eigenvalue weighted by molar-refractivity contribution is 8.00. The lowest BCUT2D eigenvalue weighted by atomic mass is 10.2. The first kappa shape index (κ1) is 17.3. The van der Waals surface area contributed by atoms with Crippen molar-refractivity contribution in [3.8, 4) is 17.1 Å². The van der Waals surface area contributed by atoms with E-state index in [1.54, 1.807) is 7.11 Å². The van der Waals surface area contributed by atoms with Crippen LogP contribution < -0.4 is 4.74 Å². The van der Waals surface area contributed by atoms with E-state index in [1.807, 2.05) is 49.7 Å². The molecule has 0 aliphatic heterocycles. The van der Waals surface area contributed by atoms with Gasteiger partial charge in [-0.15, -0.1) is 10.2 Å². The number of nitrogens with zero attached hydrogens (tertiary/aromatic N) is 3. The maximum Gasteiger partial charge on any atom is 0.319 e. The monoisotopic (exact) mass is 335 g/mol. The van der Waals surface area contributed by atoms with Gasteiger partial charge in [0.25, 0.3) is 0 Å². The molecule has 23 heavy (non-hydrogen) atoms. The molecule has 1 aromatic carbocycles. The van der Waals surface area contributed by atoms with E-state index >= 15 is 0 Å². The number of aromatic nitrogens is 3. The number of rotatable bonds is 7. The zero-order valence-corrected chi connectivity index (χ0v) is 14.6. The van der Waals surface area contributed by atoms with Crippen LogP contribution in [0, 0.1) is 0 Å². The number of hydrogen-bond donors (Lipinski definition) is 0. The van der Waals surface area contributed by atoms with Gasteiger partial charge >= 0.3 is 5.97 Å². The Morgan fingerprint density at radius 3 is 2.61 bits per heavy atom. The van der Waals surface area contributed by atoms with Crippen molar-refractivity contribution >= 4 is 17.7 Å². The van der Waals surface area contributed by atoms with Crippen LogP contribution in [0.15, 0.2) is 29.4 Å². The lowest BCUT2D eigenvalue weighted by Gasteiger charge is -2.10. The second-order valence-corrected chi connectivity index (χ2v) is 6.33. The number of esters is 1. The standard InChI is InChI=1S/C16H21N3O3S/c1-5-10-22-15(20)11(2)23-16-18-17-14(19(16)3)12-6-8-13(21-4)9-7-12/h6-9,11H,5,10H2,1-4H3. The molecule has 0 N–H and O–H groups in total. The van der Waals surface area contributed by atoms with Crippen LogP contribution in [0.1, 0.15) is 20.3 Å². The highest BCUT2D eigenvalue weighted by atomic mass is 32.2. The Bertz CT molecular complexity index is 655. The maximum absolute atomic E-state index is 11.9. The molecule has 0 bridgehead atoms. The van der Waals surface area contributed by atoms with Gasteiger partial charge in [0.1, 0.15) is 11.0 Å². The molecule has 2 rings (SSSR count). The van der Waals surface area contributed by atoms with Crippen LogP contribution in [-0.4, -0.2) is 39.7 Å². The molecule has 1 heterocycles. The van der Waals surface area contributed by atoms with Gasteiger partial charge in [0.2, 0.25) is 0 Å². The van der Waals surface area contributed by atoms with Gasteiger partial charge in [0, 0.05) is 12.6 Å². The summed E-state index contributed by atoms with van der Waals surface area (Å²) >= 11 is 1.34. The van der Waals surface area contributed by atoms with E-state index in [0.29, 0.717) is 11.8 Å². The summed E-state index contributed by atoms with van der Waals surface area (Å²) in [6.07, 6.45) is 0.814. The third kappa shape index (κ3) is 4.25. The topological polar surface area (TPSA) is 66.2 Å². The SMILES string of the molecule is CCCOC(=O)C(C)Sc1nnc(-c2ccc(OC)cc2)n1C. The van der Waals surface area contributed by atoms with E-state index in [-0.39, 0.29) is 11.2 Å². The fraction of sp³-hybridized carbons (Fsp3) is 0.438. The molecule has 0 saturated heterocycles. The van der Waals surface area contributed by atoms with E-state index < -0.39 is 0 Å². The summed E-state index contributed by atoms with van der Waals surface area (Å²) in [5.74, 6) is 1.30. The van der Waals surface area contributed by atoms with Gasteiger partial charge in [0.15, 0.2) is 11.0 Å². The molecule has 0 radical (unpaired) electrons. The fourth-order valence-electron chi connectivity index (χ4n) is 1.94. The first-order chi connectivity index (χ1) is 11.1.